The largest absolute Gasteiger partial charge is 0.360 e. The molecule has 0 amide bonds. The second-order valence-corrected chi connectivity index (χ2v) is 4.18. The van der Waals surface area contributed by atoms with Crippen LogP contribution in [0.1, 0.15) is 33.6 Å². The number of hydrogen-bond donors (Lipinski definition) is 1. The lowest BCUT2D eigenvalue weighted by Gasteiger charge is -2.26. The van der Waals surface area contributed by atoms with E-state index in [0.29, 0.717) is 12.1 Å². The van der Waals surface area contributed by atoms with Crippen molar-refractivity contribution in [1.29, 1.82) is 0 Å². The van der Waals surface area contributed by atoms with Gasteiger partial charge >= 0.3 is 0 Å². The normalized spacial score (nSPS) is 23.3. The number of likely N-dealkylation sites (tertiary alicyclic amines) is 1. The van der Waals surface area contributed by atoms with E-state index in [4.69, 9.17) is 12.2 Å². The lowest BCUT2D eigenvalue weighted by atomic mass is 10.2. The van der Waals surface area contributed by atoms with E-state index in [0.717, 1.165) is 11.7 Å². The van der Waals surface area contributed by atoms with Gasteiger partial charge in [-0.2, -0.15) is 0 Å². The topological polar surface area (TPSA) is 15.3 Å². The van der Waals surface area contributed by atoms with Crippen LogP contribution in [0, 0.1) is 0 Å². The average molecular weight is 186 g/mol. The Bertz CT molecular complexity index is 168. The van der Waals surface area contributed by atoms with Crippen LogP contribution in [0.15, 0.2) is 0 Å². The van der Waals surface area contributed by atoms with E-state index < -0.39 is 0 Å². The van der Waals surface area contributed by atoms with Crippen LogP contribution in [-0.4, -0.2) is 28.6 Å². The van der Waals surface area contributed by atoms with Crippen molar-refractivity contribution < 1.29 is 0 Å². The van der Waals surface area contributed by atoms with Crippen molar-refractivity contribution in [3.63, 3.8) is 0 Å². The number of nitrogens with one attached hydrogen (secondary N) is 1. The van der Waals surface area contributed by atoms with Gasteiger partial charge in [0.05, 0.1) is 0 Å². The minimum absolute atomic E-state index is 0.449. The highest BCUT2D eigenvalue weighted by molar-refractivity contribution is 7.80. The van der Waals surface area contributed by atoms with Gasteiger partial charge in [0.15, 0.2) is 5.11 Å². The van der Waals surface area contributed by atoms with E-state index in [1.165, 1.54) is 12.8 Å². The maximum Gasteiger partial charge on any atom is 0.169 e. The zero-order valence-electron chi connectivity index (χ0n) is 8.13. The maximum atomic E-state index is 5.28. The lowest BCUT2D eigenvalue weighted by Crippen LogP contribution is -2.44. The molecule has 1 rings (SSSR count). The summed E-state index contributed by atoms with van der Waals surface area (Å²) in [7, 11) is 0. The first-order chi connectivity index (χ1) is 5.61. The Labute approximate surface area is 80.3 Å². The summed E-state index contributed by atoms with van der Waals surface area (Å²) >= 11 is 5.28. The fourth-order valence-corrected chi connectivity index (χ4v) is 2.07. The third-order valence-corrected chi connectivity index (χ3v) is 2.58. The van der Waals surface area contributed by atoms with Gasteiger partial charge in [-0.3, -0.25) is 0 Å². The van der Waals surface area contributed by atoms with Gasteiger partial charge in [0.25, 0.3) is 0 Å². The van der Waals surface area contributed by atoms with E-state index >= 15 is 0 Å². The van der Waals surface area contributed by atoms with Gasteiger partial charge in [-0.05, 0) is 45.8 Å². The minimum atomic E-state index is 0.449. The predicted molar refractivity (Wildman–Crippen MR) is 56.3 cm³/mol. The summed E-state index contributed by atoms with van der Waals surface area (Å²) < 4.78 is 0. The molecule has 1 atom stereocenters. The molecule has 2 nitrogen and oxygen atoms in total. The number of hydrogen-bond acceptors (Lipinski definition) is 1. The number of nitrogens with zero attached hydrogens (tertiary/aromatic N) is 1. The standard InChI is InChI=1S/C9H18N2S/c1-7(2)10-9(12)11-6-4-5-8(11)3/h7-8H,4-6H2,1-3H3,(H,10,12). The predicted octanol–water partition coefficient (Wildman–Crippen LogP) is 1.75. The van der Waals surface area contributed by atoms with Gasteiger partial charge in [0.2, 0.25) is 0 Å². The maximum absolute atomic E-state index is 5.28. The van der Waals surface area contributed by atoms with Gasteiger partial charge in [0.1, 0.15) is 0 Å². The molecule has 0 aromatic rings. The summed E-state index contributed by atoms with van der Waals surface area (Å²) in [4.78, 5) is 2.29. The van der Waals surface area contributed by atoms with Crippen molar-refractivity contribution in [3.8, 4) is 0 Å². The molecule has 0 saturated carbocycles. The highest BCUT2D eigenvalue weighted by atomic mass is 32.1. The SMILES string of the molecule is CC(C)NC(=S)N1CCCC1C. The molecule has 0 spiro atoms. The van der Waals surface area contributed by atoms with Crippen LogP contribution in [-0.2, 0) is 0 Å². The van der Waals surface area contributed by atoms with Gasteiger partial charge in [-0.1, -0.05) is 0 Å². The van der Waals surface area contributed by atoms with E-state index in [1.807, 2.05) is 0 Å². The summed E-state index contributed by atoms with van der Waals surface area (Å²) in [5, 5.41) is 4.20. The summed E-state index contributed by atoms with van der Waals surface area (Å²) in [6.45, 7) is 7.60. The van der Waals surface area contributed by atoms with Crippen molar-refractivity contribution in [2.45, 2.75) is 45.7 Å². The molecule has 1 aliphatic heterocycles. The van der Waals surface area contributed by atoms with Crippen molar-refractivity contribution in [2.75, 3.05) is 6.54 Å². The molecular formula is C9H18N2S. The molecule has 1 heterocycles. The summed E-state index contributed by atoms with van der Waals surface area (Å²) in [5.74, 6) is 0. The first kappa shape index (κ1) is 9.78. The quantitative estimate of drug-likeness (QED) is 0.628. The smallest absolute Gasteiger partial charge is 0.169 e. The Morgan fingerprint density at radius 3 is 2.67 bits per heavy atom. The molecule has 1 saturated heterocycles. The molecule has 1 N–H and O–H groups in total. The second kappa shape index (κ2) is 4.08. The van der Waals surface area contributed by atoms with Crippen LogP contribution < -0.4 is 5.32 Å². The Morgan fingerprint density at radius 1 is 1.58 bits per heavy atom. The average Bonchev–Trinajstić information content (AvgIpc) is 2.33. The van der Waals surface area contributed by atoms with E-state index in [1.54, 1.807) is 0 Å². The Hall–Kier alpha value is -0.310. The second-order valence-electron chi connectivity index (χ2n) is 3.79. The van der Waals surface area contributed by atoms with Gasteiger partial charge in [-0.25, -0.2) is 0 Å². The molecule has 3 heteroatoms. The molecular weight excluding hydrogens is 168 g/mol. The molecule has 0 aliphatic carbocycles. The molecule has 1 aliphatic rings. The number of rotatable bonds is 1. The molecule has 0 aromatic carbocycles. The van der Waals surface area contributed by atoms with Gasteiger partial charge in [-0.15, -0.1) is 0 Å². The zero-order valence-corrected chi connectivity index (χ0v) is 8.95. The van der Waals surface area contributed by atoms with E-state index in [9.17, 15) is 0 Å². The van der Waals surface area contributed by atoms with Gasteiger partial charge in [0, 0.05) is 18.6 Å². The van der Waals surface area contributed by atoms with Crippen molar-refractivity contribution in [1.82, 2.24) is 10.2 Å². The van der Waals surface area contributed by atoms with Crippen LogP contribution >= 0.6 is 12.2 Å². The van der Waals surface area contributed by atoms with Crippen LogP contribution in [0.25, 0.3) is 0 Å². The van der Waals surface area contributed by atoms with Gasteiger partial charge < -0.3 is 10.2 Å². The third-order valence-electron chi connectivity index (χ3n) is 2.23. The highest BCUT2D eigenvalue weighted by Crippen LogP contribution is 2.16. The molecule has 12 heavy (non-hydrogen) atoms. The van der Waals surface area contributed by atoms with Crippen LogP contribution in [0.5, 0.6) is 0 Å². The summed E-state index contributed by atoms with van der Waals surface area (Å²) in [5.41, 5.74) is 0. The molecule has 0 bridgehead atoms. The fourth-order valence-electron chi connectivity index (χ4n) is 1.56. The first-order valence-electron chi connectivity index (χ1n) is 4.68. The molecule has 1 fully saturated rings. The van der Waals surface area contributed by atoms with E-state index in [-0.39, 0.29) is 0 Å². The zero-order chi connectivity index (χ0) is 9.14. The van der Waals surface area contributed by atoms with Crippen LogP contribution in [0.3, 0.4) is 0 Å². The monoisotopic (exact) mass is 186 g/mol. The summed E-state index contributed by atoms with van der Waals surface area (Å²) in [6.07, 6.45) is 2.56. The van der Waals surface area contributed by atoms with Crippen molar-refractivity contribution in [2.24, 2.45) is 0 Å². The third kappa shape index (κ3) is 2.34. The van der Waals surface area contributed by atoms with Crippen molar-refractivity contribution >= 4 is 17.3 Å². The molecule has 0 aromatic heterocycles. The molecule has 1 unspecified atom stereocenters. The fraction of sp³-hybridized carbons (Fsp3) is 0.889. The first-order valence-corrected chi connectivity index (χ1v) is 5.09. The molecule has 0 radical (unpaired) electrons. The van der Waals surface area contributed by atoms with Crippen molar-refractivity contribution in [3.05, 3.63) is 0 Å². The molecule has 70 valence electrons. The Morgan fingerprint density at radius 2 is 2.25 bits per heavy atom. The Kier molecular flexibility index (Phi) is 3.32. The van der Waals surface area contributed by atoms with Crippen LogP contribution in [0.2, 0.25) is 0 Å². The number of thiocarbonyl (C=S) groups is 1. The Balaban J connectivity index is 2.41. The highest BCUT2D eigenvalue weighted by Gasteiger charge is 2.22. The summed E-state index contributed by atoms with van der Waals surface area (Å²) in [6, 6.07) is 1.08. The van der Waals surface area contributed by atoms with E-state index in [2.05, 4.69) is 31.0 Å². The van der Waals surface area contributed by atoms with Crippen LogP contribution in [0.4, 0.5) is 0 Å². The minimum Gasteiger partial charge on any atom is -0.360 e. The lowest BCUT2D eigenvalue weighted by molar-refractivity contribution is 0.403.